The number of carbonyl (C=O) groups is 2. The predicted molar refractivity (Wildman–Crippen MR) is 96.5 cm³/mol. The molecule has 0 aliphatic carbocycles. The summed E-state index contributed by atoms with van der Waals surface area (Å²) in [4.78, 5) is 23.1. The second-order valence-corrected chi connectivity index (χ2v) is 5.39. The van der Waals surface area contributed by atoms with Gasteiger partial charge in [-0.05, 0) is 29.7 Å². The highest BCUT2D eigenvalue weighted by Gasteiger charge is 2.10. The van der Waals surface area contributed by atoms with Gasteiger partial charge in [-0.2, -0.15) is 0 Å². The molecule has 0 aromatic heterocycles. The Morgan fingerprint density at radius 1 is 1.04 bits per heavy atom. The van der Waals surface area contributed by atoms with E-state index in [-0.39, 0.29) is 12.5 Å². The summed E-state index contributed by atoms with van der Waals surface area (Å²) in [5, 5.41) is 4.85. The molecule has 5 nitrogen and oxygen atoms in total. The molecule has 0 unspecified atom stereocenters. The fraction of sp³-hybridized carbons (Fsp3) is 0.100. The van der Waals surface area contributed by atoms with Crippen molar-refractivity contribution >= 4 is 28.7 Å². The Labute approximate surface area is 145 Å². The second kappa shape index (κ2) is 7.49. The van der Waals surface area contributed by atoms with Gasteiger partial charge in [-0.3, -0.25) is 9.59 Å². The van der Waals surface area contributed by atoms with E-state index in [4.69, 9.17) is 9.47 Å². The number of amides is 1. The summed E-state index contributed by atoms with van der Waals surface area (Å²) in [6.07, 6.45) is 0.711. The molecule has 0 heterocycles. The highest BCUT2D eigenvalue weighted by Crippen LogP contribution is 2.28. The summed E-state index contributed by atoms with van der Waals surface area (Å²) in [7, 11) is 1.50. The Morgan fingerprint density at radius 3 is 2.64 bits per heavy atom. The quantitative estimate of drug-likeness (QED) is 0.698. The number of benzene rings is 3. The van der Waals surface area contributed by atoms with Gasteiger partial charge in [0.2, 0.25) is 0 Å². The molecule has 1 amide bonds. The van der Waals surface area contributed by atoms with E-state index in [0.29, 0.717) is 23.3 Å². The Hall–Kier alpha value is -3.34. The number of anilines is 1. The van der Waals surface area contributed by atoms with E-state index in [1.165, 1.54) is 13.2 Å². The molecule has 0 radical (unpaired) electrons. The van der Waals surface area contributed by atoms with Gasteiger partial charge in [0.25, 0.3) is 5.91 Å². The third-order valence-corrected chi connectivity index (χ3v) is 3.75. The molecule has 5 heteroatoms. The minimum Gasteiger partial charge on any atom is -0.493 e. The van der Waals surface area contributed by atoms with Gasteiger partial charge in [0.15, 0.2) is 18.1 Å². The molecule has 1 N–H and O–H groups in total. The summed E-state index contributed by atoms with van der Waals surface area (Å²) in [5.74, 6) is 0.513. The zero-order chi connectivity index (χ0) is 17.6. The van der Waals surface area contributed by atoms with Gasteiger partial charge < -0.3 is 14.8 Å². The van der Waals surface area contributed by atoms with Crippen molar-refractivity contribution in [2.24, 2.45) is 0 Å². The number of hydrogen-bond donors (Lipinski definition) is 1. The van der Waals surface area contributed by atoms with Crippen LogP contribution in [0.15, 0.2) is 60.7 Å². The molecule has 0 bridgehead atoms. The first kappa shape index (κ1) is 16.5. The SMILES string of the molecule is COc1ccc(C=O)cc1OCC(=O)Nc1cccc2ccccc12. The maximum atomic E-state index is 12.2. The molecular formula is C20H17NO4. The van der Waals surface area contributed by atoms with Crippen molar-refractivity contribution in [2.45, 2.75) is 0 Å². The first-order valence-corrected chi connectivity index (χ1v) is 7.75. The molecule has 0 saturated carbocycles. The Morgan fingerprint density at radius 2 is 1.84 bits per heavy atom. The Kier molecular flexibility index (Phi) is 4.95. The van der Waals surface area contributed by atoms with Crippen LogP contribution < -0.4 is 14.8 Å². The number of nitrogens with one attached hydrogen (secondary N) is 1. The second-order valence-electron chi connectivity index (χ2n) is 5.39. The third kappa shape index (κ3) is 3.77. The molecule has 126 valence electrons. The molecule has 0 aliphatic heterocycles. The summed E-state index contributed by atoms with van der Waals surface area (Å²) < 4.78 is 10.7. The van der Waals surface area contributed by atoms with Crippen LogP contribution in [0.5, 0.6) is 11.5 Å². The first-order chi connectivity index (χ1) is 12.2. The number of rotatable bonds is 6. The minimum atomic E-state index is -0.296. The molecule has 0 aliphatic rings. The van der Waals surface area contributed by atoms with Crippen molar-refractivity contribution < 1.29 is 19.1 Å². The topological polar surface area (TPSA) is 64.6 Å². The Bertz CT molecular complexity index is 915. The van der Waals surface area contributed by atoms with Crippen molar-refractivity contribution in [3.8, 4) is 11.5 Å². The molecule has 0 atom stereocenters. The van der Waals surface area contributed by atoms with Gasteiger partial charge >= 0.3 is 0 Å². The van der Waals surface area contributed by atoms with Crippen molar-refractivity contribution in [3.63, 3.8) is 0 Å². The van der Waals surface area contributed by atoms with Crippen LogP contribution in [-0.2, 0) is 4.79 Å². The number of fused-ring (bicyclic) bond motifs is 1. The van der Waals surface area contributed by atoms with Gasteiger partial charge in [-0.15, -0.1) is 0 Å². The predicted octanol–water partition coefficient (Wildman–Crippen LogP) is 3.68. The van der Waals surface area contributed by atoms with E-state index in [1.807, 2.05) is 42.5 Å². The summed E-state index contributed by atoms with van der Waals surface area (Å²) in [6.45, 7) is -0.193. The lowest BCUT2D eigenvalue weighted by atomic mass is 10.1. The molecule has 0 fully saturated rings. The zero-order valence-corrected chi connectivity index (χ0v) is 13.7. The monoisotopic (exact) mass is 335 g/mol. The molecule has 25 heavy (non-hydrogen) atoms. The maximum Gasteiger partial charge on any atom is 0.262 e. The van der Waals surface area contributed by atoms with Gasteiger partial charge in [0.05, 0.1) is 7.11 Å². The average molecular weight is 335 g/mol. The largest absolute Gasteiger partial charge is 0.493 e. The van der Waals surface area contributed by atoms with E-state index < -0.39 is 0 Å². The fourth-order valence-electron chi connectivity index (χ4n) is 2.54. The fourth-order valence-corrected chi connectivity index (χ4v) is 2.54. The smallest absolute Gasteiger partial charge is 0.262 e. The summed E-state index contributed by atoms with van der Waals surface area (Å²) in [6, 6.07) is 18.3. The third-order valence-electron chi connectivity index (χ3n) is 3.75. The van der Waals surface area contributed by atoms with Crippen molar-refractivity contribution in [1.82, 2.24) is 0 Å². The van der Waals surface area contributed by atoms with Gasteiger partial charge in [0, 0.05) is 16.6 Å². The minimum absolute atomic E-state index is 0.193. The number of methoxy groups -OCH3 is 1. The Balaban J connectivity index is 1.72. The number of ether oxygens (including phenoxy) is 2. The van der Waals surface area contributed by atoms with Crippen LogP contribution in [0.25, 0.3) is 10.8 Å². The first-order valence-electron chi connectivity index (χ1n) is 7.75. The van der Waals surface area contributed by atoms with Crippen molar-refractivity contribution in [3.05, 3.63) is 66.2 Å². The van der Waals surface area contributed by atoms with Crippen LogP contribution in [0, 0.1) is 0 Å². The number of aldehydes is 1. The number of hydrogen-bond acceptors (Lipinski definition) is 4. The molecule has 0 spiro atoms. The molecule has 0 saturated heterocycles. The number of carbonyl (C=O) groups excluding carboxylic acids is 2. The summed E-state index contributed by atoms with van der Waals surface area (Å²) in [5.41, 5.74) is 1.17. The summed E-state index contributed by atoms with van der Waals surface area (Å²) >= 11 is 0. The zero-order valence-electron chi connectivity index (χ0n) is 13.7. The molecule has 3 aromatic rings. The lowest BCUT2D eigenvalue weighted by Gasteiger charge is -2.12. The van der Waals surface area contributed by atoms with E-state index >= 15 is 0 Å². The van der Waals surface area contributed by atoms with Crippen LogP contribution in [0.2, 0.25) is 0 Å². The van der Waals surface area contributed by atoms with Gasteiger partial charge in [-0.1, -0.05) is 36.4 Å². The van der Waals surface area contributed by atoms with Crippen molar-refractivity contribution in [1.29, 1.82) is 0 Å². The molecule has 3 rings (SSSR count). The van der Waals surface area contributed by atoms with Crippen LogP contribution in [-0.4, -0.2) is 25.9 Å². The van der Waals surface area contributed by atoms with Crippen LogP contribution in [0.1, 0.15) is 10.4 Å². The standard InChI is InChI=1S/C20H17NO4/c1-24-18-10-9-14(12-22)11-19(18)25-13-20(23)21-17-8-4-6-15-5-2-3-7-16(15)17/h2-12H,13H2,1H3,(H,21,23). The highest BCUT2D eigenvalue weighted by atomic mass is 16.5. The van der Waals surface area contributed by atoms with Gasteiger partial charge in [-0.25, -0.2) is 0 Å². The molecule has 3 aromatic carbocycles. The van der Waals surface area contributed by atoms with E-state index in [0.717, 1.165) is 16.5 Å². The maximum absolute atomic E-state index is 12.2. The molecular weight excluding hydrogens is 318 g/mol. The van der Waals surface area contributed by atoms with E-state index in [2.05, 4.69) is 5.32 Å². The highest BCUT2D eigenvalue weighted by molar-refractivity contribution is 6.02. The lowest BCUT2D eigenvalue weighted by Crippen LogP contribution is -2.20. The van der Waals surface area contributed by atoms with E-state index in [9.17, 15) is 9.59 Å². The van der Waals surface area contributed by atoms with Crippen molar-refractivity contribution in [2.75, 3.05) is 19.0 Å². The van der Waals surface area contributed by atoms with Gasteiger partial charge in [0.1, 0.15) is 6.29 Å². The average Bonchev–Trinajstić information content (AvgIpc) is 2.66. The van der Waals surface area contributed by atoms with Crippen LogP contribution in [0.4, 0.5) is 5.69 Å². The van der Waals surface area contributed by atoms with Crippen LogP contribution in [0.3, 0.4) is 0 Å². The lowest BCUT2D eigenvalue weighted by molar-refractivity contribution is -0.118. The normalized spacial score (nSPS) is 10.3. The van der Waals surface area contributed by atoms with E-state index in [1.54, 1.807) is 12.1 Å². The van der Waals surface area contributed by atoms with Crippen LogP contribution >= 0.6 is 0 Å².